The first-order chi connectivity index (χ1) is 12.8. The van der Waals surface area contributed by atoms with Gasteiger partial charge in [-0.1, -0.05) is 12.1 Å². The van der Waals surface area contributed by atoms with Crippen LogP contribution in [0.2, 0.25) is 0 Å². The van der Waals surface area contributed by atoms with Crippen LogP contribution >= 0.6 is 0 Å². The molecule has 146 valence electrons. The van der Waals surface area contributed by atoms with E-state index in [0.717, 1.165) is 0 Å². The molecule has 0 aromatic heterocycles. The van der Waals surface area contributed by atoms with Gasteiger partial charge >= 0.3 is 6.18 Å². The van der Waals surface area contributed by atoms with Gasteiger partial charge in [-0.05, 0) is 29.8 Å². The van der Waals surface area contributed by atoms with Gasteiger partial charge in [0.15, 0.2) is 24.1 Å². The smallest absolute Gasteiger partial charge is 0.422 e. The van der Waals surface area contributed by atoms with Crippen molar-refractivity contribution in [2.45, 2.75) is 12.7 Å². The Hall–Kier alpha value is -3.10. The zero-order valence-corrected chi connectivity index (χ0v) is 14.8. The van der Waals surface area contributed by atoms with E-state index in [9.17, 15) is 13.2 Å². The fourth-order valence-electron chi connectivity index (χ4n) is 2.18. The quantitative estimate of drug-likeness (QED) is 0.565. The normalized spacial score (nSPS) is 11.8. The molecule has 0 spiro atoms. The Bertz CT molecular complexity index is 795. The Morgan fingerprint density at radius 1 is 1.07 bits per heavy atom. The van der Waals surface area contributed by atoms with Crippen molar-refractivity contribution in [1.82, 2.24) is 0 Å². The van der Waals surface area contributed by atoms with Crippen LogP contribution in [-0.4, -0.2) is 33.0 Å². The van der Waals surface area contributed by atoms with Crippen LogP contribution in [0.4, 0.5) is 18.9 Å². The van der Waals surface area contributed by atoms with Crippen molar-refractivity contribution in [2.75, 3.05) is 26.1 Å². The Balaban J connectivity index is 1.99. The molecule has 0 radical (unpaired) electrons. The average Bonchev–Trinajstić information content (AvgIpc) is 2.64. The molecule has 0 fully saturated rings. The number of hydrogen-bond acceptors (Lipinski definition) is 4. The largest absolute Gasteiger partial charge is 0.493 e. The van der Waals surface area contributed by atoms with Gasteiger partial charge in [-0.25, -0.2) is 4.99 Å². The summed E-state index contributed by atoms with van der Waals surface area (Å²) in [5.74, 6) is 1.37. The minimum Gasteiger partial charge on any atom is -0.493 e. The molecule has 0 aliphatic heterocycles. The molecule has 0 atom stereocenters. The Kier molecular flexibility index (Phi) is 6.75. The lowest BCUT2D eigenvalue weighted by atomic mass is 10.2. The topological polar surface area (TPSA) is 78.1 Å². The predicted molar refractivity (Wildman–Crippen MR) is 96.5 cm³/mol. The first kappa shape index (κ1) is 20.2. The predicted octanol–water partition coefficient (Wildman–Crippen LogP) is 3.57. The highest BCUT2D eigenvalue weighted by atomic mass is 19.4. The molecule has 0 aliphatic carbocycles. The second-order valence-electron chi connectivity index (χ2n) is 5.45. The SMILES string of the molecule is COc1ccc(NC(N)=NCc2cccc(OCC(F)(F)F)c2)cc1OC. The van der Waals surface area contributed by atoms with Gasteiger partial charge in [0.25, 0.3) is 0 Å². The monoisotopic (exact) mass is 383 g/mol. The van der Waals surface area contributed by atoms with Crippen LogP contribution < -0.4 is 25.3 Å². The lowest BCUT2D eigenvalue weighted by Crippen LogP contribution is -2.22. The molecule has 6 nitrogen and oxygen atoms in total. The zero-order chi connectivity index (χ0) is 19.9. The summed E-state index contributed by atoms with van der Waals surface area (Å²) >= 11 is 0. The van der Waals surface area contributed by atoms with Gasteiger partial charge in [0, 0.05) is 11.8 Å². The van der Waals surface area contributed by atoms with Crippen LogP contribution in [0.3, 0.4) is 0 Å². The lowest BCUT2D eigenvalue weighted by Gasteiger charge is -2.11. The summed E-state index contributed by atoms with van der Waals surface area (Å²) in [6, 6.07) is 11.4. The van der Waals surface area contributed by atoms with Crippen LogP contribution in [0.1, 0.15) is 5.56 Å². The van der Waals surface area contributed by atoms with Gasteiger partial charge < -0.3 is 25.3 Å². The molecule has 3 N–H and O–H groups in total. The molecule has 2 rings (SSSR count). The number of methoxy groups -OCH3 is 2. The highest BCUT2D eigenvalue weighted by Gasteiger charge is 2.28. The van der Waals surface area contributed by atoms with E-state index < -0.39 is 12.8 Å². The van der Waals surface area contributed by atoms with Crippen LogP contribution in [0.15, 0.2) is 47.5 Å². The molecule has 0 amide bonds. The van der Waals surface area contributed by atoms with Crippen molar-refractivity contribution in [3.05, 3.63) is 48.0 Å². The molecule has 0 aliphatic rings. The molecule has 9 heteroatoms. The molecular formula is C18H20F3N3O3. The summed E-state index contributed by atoms with van der Waals surface area (Å²) in [5.41, 5.74) is 7.16. The van der Waals surface area contributed by atoms with E-state index in [0.29, 0.717) is 22.7 Å². The molecular weight excluding hydrogens is 363 g/mol. The third-order valence-corrected chi connectivity index (χ3v) is 3.39. The van der Waals surface area contributed by atoms with Crippen LogP contribution in [0.5, 0.6) is 17.2 Å². The maximum Gasteiger partial charge on any atom is 0.422 e. The number of nitrogens with two attached hydrogens (primary N) is 1. The fourth-order valence-corrected chi connectivity index (χ4v) is 2.18. The second kappa shape index (κ2) is 9.02. The van der Waals surface area contributed by atoms with Gasteiger partial charge in [-0.15, -0.1) is 0 Å². The number of halogens is 3. The van der Waals surface area contributed by atoms with Crippen molar-refractivity contribution < 1.29 is 27.4 Å². The maximum atomic E-state index is 12.2. The highest BCUT2D eigenvalue weighted by molar-refractivity contribution is 5.92. The van der Waals surface area contributed by atoms with Crippen molar-refractivity contribution in [3.63, 3.8) is 0 Å². The van der Waals surface area contributed by atoms with Gasteiger partial charge in [0.1, 0.15) is 5.75 Å². The van der Waals surface area contributed by atoms with Gasteiger partial charge in [-0.3, -0.25) is 0 Å². The number of benzene rings is 2. The lowest BCUT2D eigenvalue weighted by molar-refractivity contribution is -0.153. The molecule has 2 aromatic rings. The number of nitrogens with zero attached hydrogens (tertiary/aromatic N) is 1. The van der Waals surface area contributed by atoms with Gasteiger partial charge in [-0.2, -0.15) is 13.2 Å². The average molecular weight is 383 g/mol. The van der Waals surface area contributed by atoms with Gasteiger partial charge in [0.2, 0.25) is 0 Å². The first-order valence-corrected chi connectivity index (χ1v) is 7.88. The Labute approximate surface area is 154 Å². The number of anilines is 1. The number of guanidine groups is 1. The standard InChI is InChI=1S/C18H20F3N3O3/c1-25-15-7-6-13(9-16(15)26-2)24-17(22)23-10-12-4-3-5-14(8-12)27-11-18(19,20)21/h3-9H,10-11H2,1-2H3,(H3,22,23,24). The molecule has 0 bridgehead atoms. The van der Waals surface area contributed by atoms with E-state index in [1.165, 1.54) is 26.4 Å². The molecule has 0 heterocycles. The van der Waals surface area contributed by atoms with Gasteiger partial charge in [0.05, 0.1) is 20.8 Å². The molecule has 0 saturated carbocycles. The van der Waals surface area contributed by atoms with E-state index in [1.807, 2.05) is 0 Å². The third kappa shape index (κ3) is 6.61. The third-order valence-electron chi connectivity index (χ3n) is 3.39. The minimum absolute atomic E-state index is 0.117. The summed E-state index contributed by atoms with van der Waals surface area (Å²) in [4.78, 5) is 4.17. The van der Waals surface area contributed by atoms with E-state index in [4.69, 9.17) is 19.9 Å². The van der Waals surface area contributed by atoms with Crippen molar-refractivity contribution >= 4 is 11.6 Å². The zero-order valence-electron chi connectivity index (χ0n) is 14.8. The number of aliphatic imine (C=N–C) groups is 1. The maximum absolute atomic E-state index is 12.2. The number of rotatable bonds is 7. The summed E-state index contributed by atoms with van der Waals surface area (Å²) < 4.78 is 51.7. The molecule has 0 unspecified atom stereocenters. The van der Waals surface area contributed by atoms with Crippen LogP contribution in [-0.2, 0) is 6.54 Å². The Morgan fingerprint density at radius 2 is 1.81 bits per heavy atom. The summed E-state index contributed by atoms with van der Waals surface area (Å²) in [5, 5.41) is 2.91. The van der Waals surface area contributed by atoms with Crippen LogP contribution in [0.25, 0.3) is 0 Å². The van der Waals surface area contributed by atoms with E-state index >= 15 is 0 Å². The van der Waals surface area contributed by atoms with E-state index in [1.54, 1.807) is 30.3 Å². The molecule has 27 heavy (non-hydrogen) atoms. The van der Waals surface area contributed by atoms with Crippen molar-refractivity contribution in [1.29, 1.82) is 0 Å². The fraction of sp³-hybridized carbons (Fsp3) is 0.278. The minimum atomic E-state index is -4.39. The Morgan fingerprint density at radius 3 is 2.48 bits per heavy atom. The summed E-state index contributed by atoms with van der Waals surface area (Å²) in [7, 11) is 3.06. The number of hydrogen-bond donors (Lipinski definition) is 2. The van der Waals surface area contributed by atoms with Crippen molar-refractivity contribution in [2.24, 2.45) is 10.7 Å². The molecule has 0 saturated heterocycles. The summed E-state index contributed by atoms with van der Waals surface area (Å²) in [6.07, 6.45) is -4.39. The van der Waals surface area contributed by atoms with E-state index in [-0.39, 0.29) is 18.3 Å². The second-order valence-corrected chi connectivity index (χ2v) is 5.45. The first-order valence-electron chi connectivity index (χ1n) is 7.88. The number of ether oxygens (including phenoxy) is 3. The highest BCUT2D eigenvalue weighted by Crippen LogP contribution is 2.29. The number of nitrogens with one attached hydrogen (secondary N) is 1. The number of alkyl halides is 3. The van der Waals surface area contributed by atoms with Crippen molar-refractivity contribution in [3.8, 4) is 17.2 Å². The van der Waals surface area contributed by atoms with E-state index in [2.05, 4.69) is 10.3 Å². The summed E-state index contributed by atoms with van der Waals surface area (Å²) in [6.45, 7) is -1.17. The molecule has 2 aromatic carbocycles. The van der Waals surface area contributed by atoms with Crippen LogP contribution in [0, 0.1) is 0 Å².